The van der Waals surface area contributed by atoms with E-state index in [1.807, 2.05) is 0 Å². The van der Waals surface area contributed by atoms with Gasteiger partial charge < -0.3 is 15.3 Å². The molecule has 1 atom stereocenters. The Kier molecular flexibility index (Phi) is 3.24. The molecule has 0 heterocycles. The Hall–Kier alpha value is -1.95. The van der Waals surface area contributed by atoms with Crippen LogP contribution in [0.5, 0.6) is 0 Å². The van der Waals surface area contributed by atoms with E-state index in [9.17, 15) is 14.0 Å². The van der Waals surface area contributed by atoms with E-state index in [0.717, 1.165) is 12.1 Å². The van der Waals surface area contributed by atoms with Gasteiger partial charge in [-0.3, -0.25) is 0 Å². The highest BCUT2D eigenvalue weighted by Crippen LogP contribution is 2.21. The Morgan fingerprint density at radius 2 is 1.88 bits per heavy atom. The van der Waals surface area contributed by atoms with E-state index in [-0.39, 0.29) is 16.7 Å². The van der Waals surface area contributed by atoms with E-state index >= 15 is 0 Å². The first-order valence-electron chi connectivity index (χ1n) is 4.28. The van der Waals surface area contributed by atoms with Gasteiger partial charge in [0.05, 0.1) is 5.56 Å². The second kappa shape index (κ2) is 4.28. The molecule has 0 bridgehead atoms. The molecule has 16 heavy (non-hydrogen) atoms. The number of carboxylic acids is 2. The van der Waals surface area contributed by atoms with Gasteiger partial charge in [-0.25, -0.2) is 14.0 Å². The maximum absolute atomic E-state index is 13.3. The van der Waals surface area contributed by atoms with Gasteiger partial charge in [-0.1, -0.05) is 0 Å². The van der Waals surface area contributed by atoms with Crippen LogP contribution >= 0.6 is 0 Å². The lowest BCUT2D eigenvalue weighted by Gasteiger charge is -2.09. The molecular weight excluding hydrogens is 219 g/mol. The third kappa shape index (κ3) is 2.17. The van der Waals surface area contributed by atoms with Crippen molar-refractivity contribution in [2.75, 3.05) is 0 Å². The molecule has 1 aromatic rings. The van der Waals surface area contributed by atoms with Crippen LogP contribution in [0.1, 0.15) is 27.6 Å². The lowest BCUT2D eigenvalue weighted by molar-refractivity contribution is -0.146. The predicted molar refractivity (Wildman–Crippen MR) is 50.7 cm³/mol. The lowest BCUT2D eigenvalue weighted by atomic mass is 10.0. The zero-order chi connectivity index (χ0) is 12.5. The minimum atomic E-state index is -1.94. The standard InChI is InChI=1S/C10H9FO5/c1-4-6(9(13)14)2-5(3-7(4)11)8(12)10(15)16/h2-3,8,12H,1H3,(H,13,14)(H,15,16). The van der Waals surface area contributed by atoms with Gasteiger partial charge in [0.2, 0.25) is 0 Å². The van der Waals surface area contributed by atoms with Gasteiger partial charge in [0.1, 0.15) is 5.82 Å². The summed E-state index contributed by atoms with van der Waals surface area (Å²) in [5, 5.41) is 26.4. The molecule has 0 radical (unpaired) electrons. The lowest BCUT2D eigenvalue weighted by Crippen LogP contribution is -2.13. The first-order valence-corrected chi connectivity index (χ1v) is 4.28. The number of benzene rings is 1. The Morgan fingerprint density at radius 1 is 1.31 bits per heavy atom. The Balaban J connectivity index is 3.34. The molecule has 0 saturated heterocycles. The fourth-order valence-electron chi connectivity index (χ4n) is 1.22. The molecule has 0 aliphatic carbocycles. The number of hydrogen-bond acceptors (Lipinski definition) is 3. The third-order valence-electron chi connectivity index (χ3n) is 2.15. The van der Waals surface area contributed by atoms with E-state index in [1.54, 1.807) is 0 Å². The minimum Gasteiger partial charge on any atom is -0.479 e. The zero-order valence-corrected chi connectivity index (χ0v) is 8.27. The molecule has 0 aromatic heterocycles. The van der Waals surface area contributed by atoms with Gasteiger partial charge >= 0.3 is 11.9 Å². The Morgan fingerprint density at radius 3 is 2.31 bits per heavy atom. The summed E-state index contributed by atoms with van der Waals surface area (Å²) in [6, 6.07) is 1.75. The fraction of sp³-hybridized carbons (Fsp3) is 0.200. The molecule has 86 valence electrons. The first kappa shape index (κ1) is 12.1. The summed E-state index contributed by atoms with van der Waals surface area (Å²) in [5.41, 5.74) is -0.767. The van der Waals surface area contributed by atoms with Crippen LogP contribution in [-0.4, -0.2) is 27.3 Å². The number of aliphatic carboxylic acids is 1. The van der Waals surface area contributed by atoms with E-state index in [4.69, 9.17) is 15.3 Å². The van der Waals surface area contributed by atoms with Crippen molar-refractivity contribution < 1.29 is 29.3 Å². The predicted octanol–water partition coefficient (Wildman–Crippen LogP) is 0.950. The third-order valence-corrected chi connectivity index (χ3v) is 2.15. The highest BCUT2D eigenvalue weighted by molar-refractivity contribution is 5.90. The average Bonchev–Trinajstić information content (AvgIpc) is 2.20. The highest BCUT2D eigenvalue weighted by atomic mass is 19.1. The highest BCUT2D eigenvalue weighted by Gasteiger charge is 2.21. The Labute approximate surface area is 89.8 Å². The smallest absolute Gasteiger partial charge is 0.337 e. The van der Waals surface area contributed by atoms with E-state index in [1.165, 1.54) is 6.92 Å². The SMILES string of the molecule is Cc1c(F)cc(C(O)C(=O)O)cc1C(=O)O. The van der Waals surface area contributed by atoms with Crippen molar-refractivity contribution in [3.8, 4) is 0 Å². The first-order chi connectivity index (χ1) is 7.34. The number of carbonyl (C=O) groups is 2. The van der Waals surface area contributed by atoms with Gasteiger partial charge in [0.15, 0.2) is 6.10 Å². The average molecular weight is 228 g/mol. The number of halogens is 1. The van der Waals surface area contributed by atoms with E-state index in [0.29, 0.717) is 0 Å². The molecule has 1 aromatic carbocycles. The van der Waals surface area contributed by atoms with Crippen molar-refractivity contribution in [1.29, 1.82) is 0 Å². The largest absolute Gasteiger partial charge is 0.479 e. The van der Waals surface area contributed by atoms with Crippen molar-refractivity contribution >= 4 is 11.9 Å². The van der Waals surface area contributed by atoms with Crippen LogP contribution in [0.25, 0.3) is 0 Å². The summed E-state index contributed by atoms with van der Waals surface area (Å²) in [6.45, 7) is 1.26. The normalized spacial score (nSPS) is 12.2. The van der Waals surface area contributed by atoms with Gasteiger partial charge in [-0.15, -0.1) is 0 Å². The monoisotopic (exact) mass is 228 g/mol. The number of carboxylic acid groups (broad SMARTS) is 2. The molecule has 5 nitrogen and oxygen atoms in total. The number of rotatable bonds is 3. The number of aliphatic hydroxyl groups is 1. The zero-order valence-electron chi connectivity index (χ0n) is 8.27. The van der Waals surface area contributed by atoms with Crippen molar-refractivity contribution in [3.63, 3.8) is 0 Å². The molecule has 0 amide bonds. The molecule has 0 spiro atoms. The van der Waals surface area contributed by atoms with Crippen LogP contribution in [0, 0.1) is 12.7 Å². The molecule has 0 saturated carbocycles. The molecular formula is C10H9FO5. The molecule has 0 fully saturated rings. The summed E-state index contributed by atoms with van der Waals surface area (Å²) >= 11 is 0. The van der Waals surface area contributed by atoms with Crippen LogP contribution in [0.3, 0.4) is 0 Å². The minimum absolute atomic E-state index is 0.103. The molecule has 1 rings (SSSR count). The summed E-state index contributed by atoms with van der Waals surface area (Å²) in [5.74, 6) is -3.81. The maximum atomic E-state index is 13.3. The number of aromatic carboxylic acids is 1. The van der Waals surface area contributed by atoms with E-state index in [2.05, 4.69) is 0 Å². The van der Waals surface area contributed by atoms with Crippen molar-refractivity contribution in [3.05, 3.63) is 34.6 Å². The van der Waals surface area contributed by atoms with Gasteiger partial charge in [-0.05, 0) is 30.2 Å². The number of hydrogen-bond donors (Lipinski definition) is 3. The molecule has 6 heteroatoms. The molecule has 3 N–H and O–H groups in total. The van der Waals surface area contributed by atoms with Crippen LogP contribution in [0.2, 0.25) is 0 Å². The van der Waals surface area contributed by atoms with Gasteiger partial charge in [0.25, 0.3) is 0 Å². The summed E-state index contributed by atoms with van der Waals surface area (Å²) in [4.78, 5) is 21.2. The van der Waals surface area contributed by atoms with E-state index < -0.39 is 23.9 Å². The summed E-state index contributed by atoms with van der Waals surface area (Å²) in [6.07, 6.45) is -1.94. The molecule has 0 aliphatic heterocycles. The quantitative estimate of drug-likeness (QED) is 0.715. The maximum Gasteiger partial charge on any atom is 0.337 e. The van der Waals surface area contributed by atoms with Crippen LogP contribution in [-0.2, 0) is 4.79 Å². The van der Waals surface area contributed by atoms with Crippen LogP contribution in [0.4, 0.5) is 4.39 Å². The van der Waals surface area contributed by atoms with Crippen LogP contribution in [0.15, 0.2) is 12.1 Å². The topological polar surface area (TPSA) is 94.8 Å². The molecule has 1 unspecified atom stereocenters. The van der Waals surface area contributed by atoms with Crippen molar-refractivity contribution in [1.82, 2.24) is 0 Å². The van der Waals surface area contributed by atoms with Crippen LogP contribution < -0.4 is 0 Å². The van der Waals surface area contributed by atoms with Gasteiger partial charge in [-0.2, -0.15) is 0 Å². The summed E-state index contributed by atoms with van der Waals surface area (Å²) < 4.78 is 13.3. The van der Waals surface area contributed by atoms with Gasteiger partial charge in [0, 0.05) is 0 Å². The van der Waals surface area contributed by atoms with Crippen molar-refractivity contribution in [2.45, 2.75) is 13.0 Å². The Bertz CT molecular complexity index is 455. The number of aliphatic hydroxyl groups excluding tert-OH is 1. The summed E-state index contributed by atoms with van der Waals surface area (Å²) in [7, 11) is 0. The van der Waals surface area contributed by atoms with Crippen molar-refractivity contribution in [2.24, 2.45) is 0 Å². The molecule has 0 aliphatic rings. The fourth-order valence-corrected chi connectivity index (χ4v) is 1.22. The second-order valence-corrected chi connectivity index (χ2v) is 3.22. The second-order valence-electron chi connectivity index (χ2n) is 3.22.